The first-order valence-corrected chi connectivity index (χ1v) is 13.3. The molecule has 0 radical (unpaired) electrons. The van der Waals surface area contributed by atoms with Gasteiger partial charge >= 0.3 is 0 Å². The Labute approximate surface area is 209 Å². The fourth-order valence-electron chi connectivity index (χ4n) is 4.46. The van der Waals surface area contributed by atoms with Crippen LogP contribution in [0.4, 0.5) is 5.69 Å². The maximum Gasteiger partial charge on any atom is 0.268 e. The monoisotopic (exact) mass is 476 g/mol. The van der Waals surface area contributed by atoms with Crippen LogP contribution in [0.15, 0.2) is 46.0 Å². The van der Waals surface area contributed by atoms with E-state index in [1.807, 2.05) is 22.8 Å². The van der Waals surface area contributed by atoms with Crippen LogP contribution in [-0.4, -0.2) is 22.8 Å². The van der Waals surface area contributed by atoms with Crippen molar-refractivity contribution in [2.75, 3.05) is 18.0 Å². The molecule has 5 heteroatoms. The minimum Gasteiger partial charge on any atom is -0.503 e. The third kappa shape index (κ3) is 6.53. The van der Waals surface area contributed by atoms with Crippen LogP contribution in [0.3, 0.4) is 0 Å². The molecular weight excluding hydrogens is 436 g/mol. The maximum atomic E-state index is 12.1. The average Bonchev–Trinajstić information content (AvgIpc) is 3.27. The lowest BCUT2D eigenvalue weighted by Gasteiger charge is -2.24. The number of hydrogen-bond donors (Lipinski definition) is 1. The highest BCUT2D eigenvalue weighted by Gasteiger charge is 2.24. The summed E-state index contributed by atoms with van der Waals surface area (Å²) in [7, 11) is 0. The molecule has 0 unspecified atom stereocenters. The molecule has 0 spiro atoms. The van der Waals surface area contributed by atoms with Crippen LogP contribution in [0.1, 0.15) is 83.4 Å². The van der Waals surface area contributed by atoms with E-state index in [4.69, 9.17) is 0 Å². The number of aromatic hydroxyl groups is 1. The summed E-state index contributed by atoms with van der Waals surface area (Å²) in [6.07, 6.45) is 13.3. The topological polar surface area (TPSA) is 62.5 Å². The van der Waals surface area contributed by atoms with Gasteiger partial charge in [-0.05, 0) is 55.2 Å². The number of benzene rings is 1. The van der Waals surface area contributed by atoms with Crippen molar-refractivity contribution in [1.29, 1.82) is 0 Å². The van der Waals surface area contributed by atoms with E-state index in [9.17, 15) is 14.7 Å². The molecule has 0 atom stereocenters. The third-order valence-corrected chi connectivity index (χ3v) is 6.66. The van der Waals surface area contributed by atoms with Crippen LogP contribution in [0, 0.1) is 0 Å². The van der Waals surface area contributed by atoms with Gasteiger partial charge in [0.15, 0.2) is 5.75 Å². The molecule has 188 valence electrons. The Balaban J connectivity index is 1.80. The van der Waals surface area contributed by atoms with Gasteiger partial charge in [-0.25, -0.2) is 0 Å². The van der Waals surface area contributed by atoms with Gasteiger partial charge in [0.1, 0.15) is 0 Å². The second-order valence-corrected chi connectivity index (χ2v) is 9.36. The molecule has 3 rings (SSSR count). The highest BCUT2D eigenvalue weighted by atomic mass is 16.3. The van der Waals surface area contributed by atoms with Gasteiger partial charge in [-0.3, -0.25) is 9.59 Å². The molecule has 0 aliphatic carbocycles. The summed E-state index contributed by atoms with van der Waals surface area (Å²) in [5, 5.41) is 10.0. The van der Waals surface area contributed by atoms with Crippen molar-refractivity contribution in [2.45, 2.75) is 78.7 Å². The molecule has 0 aliphatic heterocycles. The van der Waals surface area contributed by atoms with Crippen LogP contribution >= 0.6 is 0 Å². The quantitative estimate of drug-likeness (QED) is 0.198. The minimum atomic E-state index is -0.789. The average molecular weight is 477 g/mol. The smallest absolute Gasteiger partial charge is 0.268 e. The standard InChI is InChI=1S/C30H40N2O3/c1-4-7-10-11-22-32-25(18-19-26(32)27-28(33)30(35)29(27)34)17-14-23-12-15-24(16-13-23)31(20-8-5-2)21-9-6-3/h12-19,33H,4-11,20-22H2,1-3H3/b17-14+. The number of rotatable bonds is 15. The van der Waals surface area contributed by atoms with Gasteiger partial charge in [-0.15, -0.1) is 0 Å². The minimum absolute atomic E-state index is 0.147. The van der Waals surface area contributed by atoms with E-state index in [-0.39, 0.29) is 5.56 Å². The van der Waals surface area contributed by atoms with Crippen molar-refractivity contribution in [3.8, 4) is 17.0 Å². The van der Waals surface area contributed by atoms with Gasteiger partial charge in [0.25, 0.3) is 5.43 Å². The third-order valence-electron chi connectivity index (χ3n) is 6.66. The Kier molecular flexibility index (Phi) is 9.95. The van der Waals surface area contributed by atoms with E-state index in [2.05, 4.69) is 56.0 Å². The molecule has 0 saturated carbocycles. The van der Waals surface area contributed by atoms with Gasteiger partial charge in [-0.1, -0.05) is 71.1 Å². The summed E-state index contributed by atoms with van der Waals surface area (Å²) in [5.74, 6) is -0.412. The number of aromatic nitrogens is 1. The summed E-state index contributed by atoms with van der Waals surface area (Å²) >= 11 is 0. The lowest BCUT2D eigenvalue weighted by Crippen LogP contribution is -2.32. The highest BCUT2D eigenvalue weighted by Crippen LogP contribution is 2.28. The van der Waals surface area contributed by atoms with Crippen LogP contribution in [0.5, 0.6) is 5.75 Å². The van der Waals surface area contributed by atoms with E-state index in [0.717, 1.165) is 56.6 Å². The normalized spacial score (nSPS) is 11.6. The fourth-order valence-corrected chi connectivity index (χ4v) is 4.46. The van der Waals surface area contributed by atoms with Gasteiger partial charge in [0.2, 0.25) is 5.43 Å². The van der Waals surface area contributed by atoms with Gasteiger partial charge < -0.3 is 14.6 Å². The van der Waals surface area contributed by atoms with Crippen LogP contribution in [-0.2, 0) is 6.54 Å². The first-order chi connectivity index (χ1) is 17.0. The number of nitrogens with zero attached hydrogens (tertiary/aromatic N) is 2. The van der Waals surface area contributed by atoms with E-state index in [1.165, 1.54) is 31.4 Å². The van der Waals surface area contributed by atoms with Crippen molar-refractivity contribution in [3.05, 3.63) is 68.1 Å². The second-order valence-electron chi connectivity index (χ2n) is 9.36. The molecule has 0 fully saturated rings. The summed E-state index contributed by atoms with van der Waals surface area (Å²) in [5.41, 5.74) is 2.72. The van der Waals surface area contributed by atoms with Crippen molar-refractivity contribution >= 4 is 17.8 Å². The molecule has 3 aromatic rings. The molecule has 1 N–H and O–H groups in total. The van der Waals surface area contributed by atoms with Crippen molar-refractivity contribution < 1.29 is 5.11 Å². The van der Waals surface area contributed by atoms with Gasteiger partial charge in [-0.2, -0.15) is 0 Å². The lowest BCUT2D eigenvalue weighted by molar-refractivity contribution is 0.464. The Morgan fingerprint density at radius 2 is 1.43 bits per heavy atom. The van der Waals surface area contributed by atoms with E-state index in [1.54, 1.807) is 0 Å². The Morgan fingerprint density at radius 3 is 2.03 bits per heavy atom. The number of hydrogen-bond acceptors (Lipinski definition) is 4. The zero-order chi connectivity index (χ0) is 25.2. The molecule has 2 aromatic carbocycles. The Hall–Kier alpha value is -3.08. The summed E-state index contributed by atoms with van der Waals surface area (Å²) in [6, 6.07) is 12.5. The first kappa shape index (κ1) is 26.5. The molecule has 0 amide bonds. The van der Waals surface area contributed by atoms with Crippen molar-refractivity contribution in [3.63, 3.8) is 0 Å². The van der Waals surface area contributed by atoms with Crippen LogP contribution in [0.25, 0.3) is 23.4 Å². The maximum absolute atomic E-state index is 12.1. The summed E-state index contributed by atoms with van der Waals surface area (Å²) < 4.78 is 2.05. The van der Waals surface area contributed by atoms with E-state index in [0.29, 0.717) is 5.69 Å². The number of unbranched alkanes of at least 4 members (excludes halogenated alkanes) is 5. The van der Waals surface area contributed by atoms with Gasteiger partial charge in [0, 0.05) is 31.0 Å². The summed E-state index contributed by atoms with van der Waals surface area (Å²) in [4.78, 5) is 26.2. The fraction of sp³-hybridized carbons (Fsp3) is 0.467. The highest BCUT2D eigenvalue weighted by molar-refractivity contribution is 5.76. The zero-order valence-corrected chi connectivity index (χ0v) is 21.6. The molecule has 1 aromatic heterocycles. The number of anilines is 1. The molecule has 35 heavy (non-hydrogen) atoms. The molecule has 5 nitrogen and oxygen atoms in total. The lowest BCUT2D eigenvalue weighted by atomic mass is 10.1. The molecular formula is C30H40N2O3. The zero-order valence-electron chi connectivity index (χ0n) is 21.6. The predicted molar refractivity (Wildman–Crippen MR) is 148 cm³/mol. The molecule has 0 bridgehead atoms. The van der Waals surface area contributed by atoms with Crippen molar-refractivity contribution in [2.24, 2.45) is 0 Å². The summed E-state index contributed by atoms with van der Waals surface area (Å²) in [6.45, 7) is 9.55. The molecule has 1 heterocycles. The Bertz CT molecular complexity index is 1160. The van der Waals surface area contributed by atoms with Crippen molar-refractivity contribution in [1.82, 2.24) is 4.57 Å². The van der Waals surface area contributed by atoms with E-state index >= 15 is 0 Å². The first-order valence-electron chi connectivity index (χ1n) is 13.3. The largest absolute Gasteiger partial charge is 0.503 e. The Morgan fingerprint density at radius 1 is 0.771 bits per heavy atom. The molecule has 0 aliphatic rings. The predicted octanol–water partition coefficient (Wildman–Crippen LogP) is 6.61. The van der Waals surface area contributed by atoms with Gasteiger partial charge in [0.05, 0.1) is 11.3 Å². The van der Waals surface area contributed by atoms with Crippen LogP contribution < -0.4 is 15.8 Å². The second kappa shape index (κ2) is 13.1. The SMILES string of the molecule is CCCCCCn1c(/C=C/c2ccc(N(CCCC)CCCC)cc2)ccc1-c1c(O)c(=O)c1=O. The van der Waals surface area contributed by atoms with E-state index < -0.39 is 16.6 Å². The molecule has 0 saturated heterocycles. The van der Waals surface area contributed by atoms with Crippen LogP contribution in [0.2, 0.25) is 0 Å².